The number of rotatable bonds is 6. The summed E-state index contributed by atoms with van der Waals surface area (Å²) in [6, 6.07) is 33.2. The molecule has 3 aromatic carbocycles. The van der Waals surface area contributed by atoms with E-state index in [9.17, 15) is 4.79 Å². The van der Waals surface area contributed by atoms with Gasteiger partial charge in [-0.3, -0.25) is 0 Å². The first-order chi connectivity index (χ1) is 15.8. The Kier molecular flexibility index (Phi) is 6.15. The van der Waals surface area contributed by atoms with Crippen molar-refractivity contribution in [3.63, 3.8) is 0 Å². The van der Waals surface area contributed by atoms with Gasteiger partial charge in [0.2, 0.25) is 0 Å². The fourth-order valence-electron chi connectivity index (χ4n) is 4.37. The lowest BCUT2D eigenvalue weighted by molar-refractivity contribution is -0.0165. The van der Waals surface area contributed by atoms with Crippen molar-refractivity contribution in [2.45, 2.75) is 46.0 Å². The van der Waals surface area contributed by atoms with Crippen molar-refractivity contribution in [2.75, 3.05) is 0 Å². The van der Waals surface area contributed by atoms with Gasteiger partial charge in [-0.15, -0.1) is 11.3 Å². The lowest BCUT2D eigenvalue weighted by atomic mass is 10.00. The van der Waals surface area contributed by atoms with Crippen molar-refractivity contribution >= 4 is 28.2 Å². The number of esters is 1. The summed E-state index contributed by atoms with van der Waals surface area (Å²) >= 11 is 1.68. The Balaban J connectivity index is 1.42. The van der Waals surface area contributed by atoms with Crippen molar-refractivity contribution < 1.29 is 9.53 Å². The number of thiophene rings is 1. The van der Waals surface area contributed by atoms with E-state index in [1.807, 2.05) is 30.3 Å². The van der Waals surface area contributed by atoms with Gasteiger partial charge in [0.05, 0.1) is 16.5 Å². The minimum absolute atomic E-state index is 0.223. The number of hydrogen-bond donors (Lipinski definition) is 0. The number of benzene rings is 3. The molecule has 0 unspecified atom stereocenters. The molecule has 0 radical (unpaired) electrons. The average Bonchev–Trinajstić information content (AvgIpc) is 3.54. The largest absolute Gasteiger partial charge is 0.450 e. The molecule has 0 bridgehead atoms. The van der Waals surface area contributed by atoms with Crippen LogP contribution < -0.4 is 0 Å². The Morgan fingerprint density at radius 1 is 0.719 bits per heavy atom. The predicted octanol–water partition coefficient (Wildman–Crippen LogP) is 7.47. The first-order valence-electron chi connectivity index (χ1n) is 11.0. The predicted molar refractivity (Wildman–Crippen MR) is 131 cm³/mol. The summed E-state index contributed by atoms with van der Waals surface area (Å²) in [6.07, 6.45) is 4.01. The molecule has 160 valence electrons. The molecule has 4 heteroatoms. The SMILES string of the molecule is O=C(OC1(c2cccs2)CCCC1)c1ccc([S+](c2ccccc2)c2ccccc2)cc1. The summed E-state index contributed by atoms with van der Waals surface area (Å²) in [6.45, 7) is 0. The van der Waals surface area contributed by atoms with Crippen LogP contribution in [0.3, 0.4) is 0 Å². The maximum Gasteiger partial charge on any atom is 0.339 e. The van der Waals surface area contributed by atoms with E-state index in [0.29, 0.717) is 5.56 Å². The van der Waals surface area contributed by atoms with Crippen LogP contribution in [0.4, 0.5) is 0 Å². The molecular formula is C28H25O2S2+. The fourth-order valence-corrected chi connectivity index (χ4v) is 7.37. The van der Waals surface area contributed by atoms with Crippen LogP contribution in [0.5, 0.6) is 0 Å². The second kappa shape index (κ2) is 9.35. The number of hydrogen-bond acceptors (Lipinski definition) is 3. The minimum Gasteiger partial charge on any atom is -0.450 e. The summed E-state index contributed by atoms with van der Waals surface area (Å²) < 4.78 is 6.17. The van der Waals surface area contributed by atoms with Gasteiger partial charge in [-0.2, -0.15) is 0 Å². The van der Waals surface area contributed by atoms with E-state index in [1.165, 1.54) is 14.7 Å². The first kappa shape index (κ1) is 21.0. The second-order valence-electron chi connectivity index (χ2n) is 8.02. The molecule has 4 aromatic rings. The normalized spacial score (nSPS) is 15.0. The molecule has 0 aliphatic heterocycles. The van der Waals surface area contributed by atoms with Crippen LogP contribution in [0.15, 0.2) is 117 Å². The lowest BCUT2D eigenvalue weighted by Crippen LogP contribution is -2.28. The molecule has 0 atom stereocenters. The smallest absolute Gasteiger partial charge is 0.339 e. The Hall–Kier alpha value is -2.82. The van der Waals surface area contributed by atoms with E-state index in [2.05, 4.69) is 72.1 Å². The molecule has 0 saturated heterocycles. The molecule has 0 amide bonds. The zero-order valence-electron chi connectivity index (χ0n) is 17.8. The third kappa shape index (κ3) is 4.25. The van der Waals surface area contributed by atoms with Gasteiger partial charge in [-0.05, 0) is 85.7 Å². The fraction of sp³-hybridized carbons (Fsp3) is 0.179. The summed E-state index contributed by atoms with van der Waals surface area (Å²) in [5.74, 6) is -0.230. The third-order valence-corrected chi connectivity index (χ3v) is 9.24. The maximum atomic E-state index is 13.1. The molecule has 1 aliphatic carbocycles. The maximum absolute atomic E-state index is 13.1. The van der Waals surface area contributed by atoms with Gasteiger partial charge in [-0.1, -0.05) is 42.5 Å². The van der Waals surface area contributed by atoms with E-state index in [1.54, 1.807) is 11.3 Å². The van der Waals surface area contributed by atoms with Gasteiger partial charge in [-0.25, -0.2) is 4.79 Å². The van der Waals surface area contributed by atoms with E-state index >= 15 is 0 Å². The van der Waals surface area contributed by atoms with Crippen LogP contribution in [-0.4, -0.2) is 5.97 Å². The Morgan fingerprint density at radius 3 is 1.81 bits per heavy atom. The Labute approximate surface area is 196 Å². The van der Waals surface area contributed by atoms with E-state index in [0.717, 1.165) is 30.6 Å². The Bertz CT molecular complexity index is 1110. The number of carbonyl (C=O) groups is 1. The quantitative estimate of drug-likeness (QED) is 0.222. The highest BCUT2D eigenvalue weighted by molar-refractivity contribution is 7.97. The molecule has 0 N–H and O–H groups in total. The van der Waals surface area contributed by atoms with Crippen LogP contribution in [0.1, 0.15) is 40.9 Å². The molecule has 2 nitrogen and oxygen atoms in total. The van der Waals surface area contributed by atoms with Crippen LogP contribution in [-0.2, 0) is 21.2 Å². The average molecular weight is 458 g/mol. The van der Waals surface area contributed by atoms with Crippen molar-refractivity contribution in [1.29, 1.82) is 0 Å². The highest BCUT2D eigenvalue weighted by Crippen LogP contribution is 2.44. The molecule has 0 spiro atoms. The minimum atomic E-state index is -0.456. The number of carbonyl (C=O) groups excluding carboxylic acids is 1. The topological polar surface area (TPSA) is 26.3 Å². The van der Waals surface area contributed by atoms with Crippen LogP contribution in [0.2, 0.25) is 0 Å². The van der Waals surface area contributed by atoms with Crippen molar-refractivity contribution in [1.82, 2.24) is 0 Å². The van der Waals surface area contributed by atoms with Crippen LogP contribution in [0.25, 0.3) is 0 Å². The van der Waals surface area contributed by atoms with Gasteiger partial charge in [0, 0.05) is 4.88 Å². The molecule has 5 rings (SSSR count). The zero-order valence-corrected chi connectivity index (χ0v) is 19.4. The molecule has 1 fully saturated rings. The second-order valence-corrected chi connectivity index (χ2v) is 11.0. The molecule has 32 heavy (non-hydrogen) atoms. The lowest BCUT2D eigenvalue weighted by Gasteiger charge is -2.28. The third-order valence-electron chi connectivity index (χ3n) is 5.95. The molecule has 1 aromatic heterocycles. The van der Waals surface area contributed by atoms with Gasteiger partial charge < -0.3 is 4.74 Å². The van der Waals surface area contributed by atoms with E-state index in [4.69, 9.17) is 4.74 Å². The zero-order chi connectivity index (χ0) is 21.8. The highest BCUT2D eigenvalue weighted by Gasteiger charge is 2.40. The van der Waals surface area contributed by atoms with Gasteiger partial charge in [0.15, 0.2) is 14.7 Å². The van der Waals surface area contributed by atoms with Gasteiger partial charge in [0.25, 0.3) is 0 Å². The summed E-state index contributed by atoms with van der Waals surface area (Å²) in [7, 11) is -0.223. The van der Waals surface area contributed by atoms with Gasteiger partial charge >= 0.3 is 5.97 Å². The van der Waals surface area contributed by atoms with Crippen molar-refractivity contribution in [3.05, 3.63) is 113 Å². The van der Waals surface area contributed by atoms with E-state index < -0.39 is 5.60 Å². The summed E-state index contributed by atoms with van der Waals surface area (Å²) in [4.78, 5) is 18.0. The summed E-state index contributed by atoms with van der Waals surface area (Å²) in [5.41, 5.74) is 0.156. The van der Waals surface area contributed by atoms with Crippen LogP contribution >= 0.6 is 11.3 Å². The molecule has 1 heterocycles. The van der Waals surface area contributed by atoms with Gasteiger partial charge in [0.1, 0.15) is 5.60 Å². The first-order valence-corrected chi connectivity index (χ1v) is 13.1. The monoisotopic (exact) mass is 457 g/mol. The molecule has 1 aliphatic rings. The Morgan fingerprint density at radius 2 is 1.28 bits per heavy atom. The standard InChI is InChI=1S/C28H25O2S2/c29-27(30-28(19-7-8-20-28)26-14-9-21-31-26)22-15-17-25(18-16-22)32(23-10-3-1-4-11-23)24-12-5-2-6-13-24/h1-6,9-18,21H,7-8,19-20H2/q+1. The number of ether oxygens (including phenoxy) is 1. The van der Waals surface area contributed by atoms with Crippen molar-refractivity contribution in [2.24, 2.45) is 0 Å². The highest BCUT2D eigenvalue weighted by atomic mass is 32.2. The molecular weight excluding hydrogens is 432 g/mol. The molecule has 1 saturated carbocycles. The van der Waals surface area contributed by atoms with E-state index in [-0.39, 0.29) is 16.9 Å². The van der Waals surface area contributed by atoms with Crippen molar-refractivity contribution in [3.8, 4) is 0 Å². The van der Waals surface area contributed by atoms with Crippen LogP contribution in [0, 0.1) is 0 Å². The summed E-state index contributed by atoms with van der Waals surface area (Å²) in [5, 5.41) is 2.06.